The number of aromatic nitrogens is 2. The third-order valence-electron chi connectivity index (χ3n) is 11.2. The molecule has 14 nitrogen and oxygen atoms in total. The second-order valence-corrected chi connectivity index (χ2v) is 18.9. The summed E-state index contributed by atoms with van der Waals surface area (Å²) in [6.07, 6.45) is 0.885. The molecule has 63 heavy (non-hydrogen) atoms. The van der Waals surface area contributed by atoms with Crippen LogP contribution in [0.15, 0.2) is 97.2 Å². The molecule has 2 aromatic carbocycles. The molecule has 4 atom stereocenters. The maximum atomic E-state index is 14.7. The lowest BCUT2D eigenvalue weighted by atomic mass is 9.84. The number of urea groups is 1. The van der Waals surface area contributed by atoms with E-state index in [0.29, 0.717) is 37.3 Å². The number of ether oxygens (including phenoxy) is 1. The number of hydrogen-bond acceptors (Lipinski definition) is 9. The Balaban J connectivity index is 1.38. The van der Waals surface area contributed by atoms with Crippen molar-refractivity contribution in [3.63, 3.8) is 0 Å². The van der Waals surface area contributed by atoms with Crippen molar-refractivity contribution in [2.24, 2.45) is 10.8 Å². The van der Waals surface area contributed by atoms with Crippen molar-refractivity contribution in [3.8, 4) is 11.3 Å². The highest BCUT2D eigenvalue weighted by atomic mass is 16.5. The number of hydrogen-bond donors (Lipinski definition) is 5. The van der Waals surface area contributed by atoms with Gasteiger partial charge >= 0.3 is 12.1 Å². The molecule has 0 spiro atoms. The second-order valence-electron chi connectivity index (χ2n) is 18.9. The Morgan fingerprint density at radius 3 is 2.14 bits per heavy atom. The number of aliphatic hydroxyl groups excluding tert-OH is 1. The summed E-state index contributed by atoms with van der Waals surface area (Å²) in [5.74, 6) is -0.658. The van der Waals surface area contributed by atoms with Crippen molar-refractivity contribution in [1.82, 2.24) is 35.7 Å². The summed E-state index contributed by atoms with van der Waals surface area (Å²) in [7, 11) is 1.28. The smallest absolute Gasteiger partial charge is 0.406 e. The first kappa shape index (κ1) is 48.2. The Morgan fingerprint density at radius 1 is 0.825 bits per heavy atom. The van der Waals surface area contributed by atoms with E-state index in [4.69, 9.17) is 4.74 Å². The standard InChI is InChI=1S/C49H65N7O7/c1-47(2,3)43(56-26-25-55(46(56)61)31-36-17-14-19-41(52-36)49(6,7)62)44(59)54-39(28-33-15-10-9-11-16-33)40(57)29-37(53-42(58)30-48(4,5)32-51-45(60)63-8)27-34-20-22-35(23-21-34)38-18-12-13-24-50-38/h9-24,37,39-40,43,57,62H,25-32H2,1-8H3,(H,51,60)(H,53,58)(H,54,59). The van der Waals surface area contributed by atoms with E-state index in [1.54, 1.807) is 42.0 Å². The normalized spacial score (nSPS) is 15.3. The van der Waals surface area contributed by atoms with Crippen molar-refractivity contribution >= 4 is 23.9 Å². The number of methoxy groups -OCH3 is 1. The lowest BCUT2D eigenvalue weighted by Gasteiger charge is -2.38. The number of pyridine rings is 2. The number of alkyl carbamates (subject to hydrolysis) is 1. The number of rotatable bonds is 19. The summed E-state index contributed by atoms with van der Waals surface area (Å²) in [6.45, 7) is 13.9. The van der Waals surface area contributed by atoms with E-state index >= 15 is 0 Å². The van der Waals surface area contributed by atoms with Crippen molar-refractivity contribution in [2.75, 3.05) is 26.7 Å². The van der Waals surface area contributed by atoms with E-state index < -0.39 is 52.7 Å². The molecule has 1 fully saturated rings. The summed E-state index contributed by atoms with van der Waals surface area (Å²) in [4.78, 5) is 66.6. The average molecular weight is 864 g/mol. The third kappa shape index (κ3) is 14.1. The highest BCUT2D eigenvalue weighted by Gasteiger charge is 2.44. The Kier molecular flexibility index (Phi) is 16.1. The zero-order valence-electron chi connectivity index (χ0n) is 37.9. The third-order valence-corrected chi connectivity index (χ3v) is 11.2. The number of nitrogens with one attached hydrogen (secondary N) is 3. The fraction of sp³-hybridized carbons (Fsp3) is 0.469. The van der Waals surface area contributed by atoms with Crippen LogP contribution in [0.2, 0.25) is 0 Å². The summed E-state index contributed by atoms with van der Waals surface area (Å²) in [5, 5.41) is 31.7. The molecule has 2 aromatic heterocycles. The number of carbonyl (C=O) groups excluding carboxylic acids is 4. The molecule has 14 heteroatoms. The Bertz CT molecular complexity index is 2140. The molecule has 5 rings (SSSR count). The highest BCUT2D eigenvalue weighted by Crippen LogP contribution is 2.30. The predicted octanol–water partition coefficient (Wildman–Crippen LogP) is 6.00. The van der Waals surface area contributed by atoms with Crippen LogP contribution in [0.1, 0.15) is 83.8 Å². The molecule has 5 N–H and O–H groups in total. The van der Waals surface area contributed by atoms with Gasteiger partial charge in [0.25, 0.3) is 0 Å². The molecule has 0 saturated carbocycles. The van der Waals surface area contributed by atoms with Crippen molar-refractivity contribution in [3.05, 3.63) is 120 Å². The first-order valence-corrected chi connectivity index (χ1v) is 21.6. The predicted molar refractivity (Wildman–Crippen MR) is 242 cm³/mol. The van der Waals surface area contributed by atoms with Crippen molar-refractivity contribution in [2.45, 2.75) is 111 Å². The van der Waals surface area contributed by atoms with Gasteiger partial charge in [-0.2, -0.15) is 0 Å². The van der Waals surface area contributed by atoms with E-state index in [2.05, 4.69) is 25.9 Å². The van der Waals surface area contributed by atoms with Gasteiger partial charge in [0.05, 0.1) is 42.9 Å². The largest absolute Gasteiger partial charge is 0.453 e. The first-order valence-electron chi connectivity index (χ1n) is 21.6. The molecule has 338 valence electrons. The molecule has 1 aliphatic rings. The topological polar surface area (TPSA) is 186 Å². The van der Waals surface area contributed by atoms with E-state index in [1.807, 2.05) is 113 Å². The van der Waals surface area contributed by atoms with Gasteiger partial charge < -0.3 is 40.7 Å². The van der Waals surface area contributed by atoms with Crippen LogP contribution < -0.4 is 16.0 Å². The zero-order valence-corrected chi connectivity index (χ0v) is 37.9. The average Bonchev–Trinajstić information content (AvgIpc) is 3.57. The van der Waals surface area contributed by atoms with Crippen molar-refractivity contribution in [1.29, 1.82) is 0 Å². The zero-order chi connectivity index (χ0) is 46.0. The minimum Gasteiger partial charge on any atom is -0.453 e. The highest BCUT2D eigenvalue weighted by molar-refractivity contribution is 5.89. The molecular formula is C49H65N7O7. The van der Waals surface area contributed by atoms with Gasteiger partial charge in [-0.05, 0) is 79.3 Å². The van der Waals surface area contributed by atoms with Crippen LogP contribution in [0.25, 0.3) is 11.3 Å². The first-order chi connectivity index (χ1) is 29.7. The molecule has 4 unspecified atom stereocenters. The molecule has 3 heterocycles. The summed E-state index contributed by atoms with van der Waals surface area (Å²) in [5.41, 5.74) is 2.26. The Morgan fingerprint density at radius 2 is 1.51 bits per heavy atom. The number of nitrogens with zero attached hydrogens (tertiary/aromatic N) is 4. The minimum atomic E-state index is -1.15. The van der Waals surface area contributed by atoms with Crippen LogP contribution in [-0.4, -0.2) is 105 Å². The van der Waals surface area contributed by atoms with Gasteiger partial charge in [0.2, 0.25) is 11.8 Å². The van der Waals surface area contributed by atoms with Crippen LogP contribution in [0.4, 0.5) is 9.59 Å². The van der Waals surface area contributed by atoms with Gasteiger partial charge in [-0.1, -0.05) is 101 Å². The summed E-state index contributed by atoms with van der Waals surface area (Å²) in [6, 6.07) is 26.0. The minimum absolute atomic E-state index is 0.0848. The van der Waals surface area contributed by atoms with Gasteiger partial charge in [0.1, 0.15) is 11.6 Å². The van der Waals surface area contributed by atoms with Gasteiger partial charge in [-0.3, -0.25) is 19.6 Å². The fourth-order valence-electron chi connectivity index (χ4n) is 7.94. The molecule has 0 radical (unpaired) electrons. The second kappa shape index (κ2) is 21.0. The summed E-state index contributed by atoms with van der Waals surface area (Å²) >= 11 is 0. The molecule has 1 aliphatic heterocycles. The van der Waals surface area contributed by atoms with Gasteiger partial charge in [0, 0.05) is 43.9 Å². The quantitative estimate of drug-likeness (QED) is 0.0754. The molecule has 4 aromatic rings. The molecule has 5 amide bonds. The maximum absolute atomic E-state index is 14.7. The van der Waals surface area contributed by atoms with Gasteiger partial charge in [0.15, 0.2) is 0 Å². The van der Waals surface area contributed by atoms with Gasteiger partial charge in [-0.25, -0.2) is 9.59 Å². The molecule has 0 aliphatic carbocycles. The summed E-state index contributed by atoms with van der Waals surface area (Å²) < 4.78 is 4.72. The maximum Gasteiger partial charge on any atom is 0.406 e. The molecular weight excluding hydrogens is 799 g/mol. The lowest BCUT2D eigenvalue weighted by molar-refractivity contribution is -0.130. The van der Waals surface area contributed by atoms with E-state index in [0.717, 1.165) is 22.4 Å². The van der Waals surface area contributed by atoms with Crippen LogP contribution in [0, 0.1) is 10.8 Å². The molecule has 1 saturated heterocycles. The Labute approximate surface area is 371 Å². The Hall–Kier alpha value is -5.86. The van der Waals surface area contributed by atoms with Crippen molar-refractivity contribution < 1.29 is 34.1 Å². The van der Waals surface area contributed by atoms with E-state index in [1.165, 1.54) is 7.11 Å². The number of amides is 5. The van der Waals surface area contributed by atoms with Crippen LogP contribution in [0.5, 0.6) is 0 Å². The fourth-order valence-corrected chi connectivity index (χ4v) is 7.94. The van der Waals surface area contributed by atoms with Gasteiger partial charge in [-0.15, -0.1) is 0 Å². The van der Waals surface area contributed by atoms with E-state index in [-0.39, 0.29) is 37.9 Å². The molecule has 0 bridgehead atoms. The van der Waals surface area contributed by atoms with E-state index in [9.17, 15) is 29.4 Å². The van der Waals surface area contributed by atoms with Crippen LogP contribution >= 0.6 is 0 Å². The van der Waals surface area contributed by atoms with Crippen LogP contribution in [-0.2, 0) is 39.3 Å². The lowest BCUT2D eigenvalue weighted by Crippen LogP contribution is -2.58. The number of carbonyl (C=O) groups is 4. The SMILES string of the molecule is COC(=O)NCC(C)(C)CC(=O)NC(Cc1ccc(-c2ccccn2)cc1)CC(O)C(Cc1ccccc1)NC(=O)C(N1CCN(Cc2cccc(C(C)(C)O)n2)C1=O)C(C)(C)C. The monoisotopic (exact) mass is 863 g/mol. The van der Waals surface area contributed by atoms with Crippen LogP contribution in [0.3, 0.4) is 0 Å². The number of aliphatic hydroxyl groups is 2. The number of benzene rings is 2.